The van der Waals surface area contributed by atoms with Crippen LogP contribution in [0.3, 0.4) is 0 Å². The normalized spacial score (nSPS) is 34.4. The standard InChI is InChI=1S/C7H12O9S/c1-14-6(9)4-2-3(8)5(7(10)15-4)16-17(11,12)13/h3-5,7-8,10H,2H2,1H3,(H,11,12,13). The molecule has 1 heterocycles. The van der Waals surface area contributed by atoms with Gasteiger partial charge in [-0.15, -0.1) is 0 Å². The molecule has 17 heavy (non-hydrogen) atoms. The van der Waals surface area contributed by atoms with Crippen LogP contribution in [0.1, 0.15) is 6.42 Å². The Morgan fingerprint density at radius 1 is 1.41 bits per heavy atom. The molecular formula is C7H12O9S. The monoisotopic (exact) mass is 272 g/mol. The van der Waals surface area contributed by atoms with E-state index < -0.39 is 41.0 Å². The third kappa shape index (κ3) is 3.87. The Balaban J connectivity index is 2.72. The molecule has 0 radical (unpaired) electrons. The van der Waals surface area contributed by atoms with E-state index in [1.807, 2.05) is 0 Å². The second-order valence-electron chi connectivity index (χ2n) is 3.33. The average Bonchev–Trinajstić information content (AvgIpc) is 2.20. The van der Waals surface area contributed by atoms with E-state index in [1.165, 1.54) is 0 Å². The third-order valence-corrected chi connectivity index (χ3v) is 2.58. The first-order chi connectivity index (χ1) is 7.74. The molecule has 0 bridgehead atoms. The highest BCUT2D eigenvalue weighted by Gasteiger charge is 2.43. The molecule has 0 aromatic carbocycles. The summed E-state index contributed by atoms with van der Waals surface area (Å²) in [5.74, 6) is -0.826. The highest BCUT2D eigenvalue weighted by atomic mass is 32.3. The fourth-order valence-electron chi connectivity index (χ4n) is 1.38. The van der Waals surface area contributed by atoms with Crippen LogP contribution in [0.15, 0.2) is 0 Å². The number of esters is 1. The van der Waals surface area contributed by atoms with Crippen LogP contribution in [0, 0.1) is 0 Å². The van der Waals surface area contributed by atoms with Crippen molar-refractivity contribution in [2.75, 3.05) is 7.11 Å². The summed E-state index contributed by atoms with van der Waals surface area (Å²) >= 11 is 0. The SMILES string of the molecule is COC(=O)C1CC(O)C(OS(=O)(=O)O)C(O)O1. The maximum atomic E-state index is 11.1. The van der Waals surface area contributed by atoms with Crippen molar-refractivity contribution < 1.29 is 41.6 Å². The number of aliphatic hydroxyl groups is 2. The summed E-state index contributed by atoms with van der Waals surface area (Å²) in [7, 11) is -3.76. The molecule has 1 aliphatic rings. The van der Waals surface area contributed by atoms with Gasteiger partial charge in [-0.1, -0.05) is 0 Å². The number of methoxy groups -OCH3 is 1. The van der Waals surface area contributed by atoms with Gasteiger partial charge in [0.05, 0.1) is 13.2 Å². The number of rotatable bonds is 3. The van der Waals surface area contributed by atoms with Gasteiger partial charge in [0.1, 0.15) is 0 Å². The van der Waals surface area contributed by atoms with Gasteiger partial charge in [-0.25, -0.2) is 8.98 Å². The Labute approximate surface area is 96.9 Å². The summed E-state index contributed by atoms with van der Waals surface area (Å²) in [5, 5.41) is 18.8. The van der Waals surface area contributed by atoms with E-state index in [4.69, 9.17) is 4.55 Å². The lowest BCUT2D eigenvalue weighted by molar-refractivity contribution is -0.243. The van der Waals surface area contributed by atoms with Gasteiger partial charge in [0, 0.05) is 6.42 Å². The first kappa shape index (κ1) is 14.3. The summed E-state index contributed by atoms with van der Waals surface area (Å²) in [6.07, 6.45) is -6.66. The Hall–Kier alpha value is -0.780. The zero-order valence-corrected chi connectivity index (χ0v) is 9.53. The van der Waals surface area contributed by atoms with Gasteiger partial charge in [-0.05, 0) is 0 Å². The van der Waals surface area contributed by atoms with Crippen LogP contribution in [-0.4, -0.2) is 60.9 Å². The number of hydrogen-bond donors (Lipinski definition) is 3. The fraction of sp³-hybridized carbons (Fsp3) is 0.857. The minimum Gasteiger partial charge on any atom is -0.467 e. The maximum Gasteiger partial charge on any atom is 0.397 e. The minimum atomic E-state index is -4.85. The van der Waals surface area contributed by atoms with Crippen LogP contribution in [0.5, 0.6) is 0 Å². The molecule has 3 N–H and O–H groups in total. The Morgan fingerprint density at radius 3 is 2.41 bits per heavy atom. The zero-order chi connectivity index (χ0) is 13.2. The van der Waals surface area contributed by atoms with Gasteiger partial charge >= 0.3 is 16.4 Å². The highest BCUT2D eigenvalue weighted by Crippen LogP contribution is 2.23. The van der Waals surface area contributed by atoms with Gasteiger partial charge in [-0.2, -0.15) is 8.42 Å². The first-order valence-corrected chi connectivity index (χ1v) is 5.86. The molecular weight excluding hydrogens is 260 g/mol. The second kappa shape index (κ2) is 5.25. The molecule has 0 aromatic rings. The summed E-state index contributed by atoms with van der Waals surface area (Å²) in [4.78, 5) is 11.1. The van der Waals surface area contributed by atoms with Crippen molar-refractivity contribution in [1.29, 1.82) is 0 Å². The van der Waals surface area contributed by atoms with Gasteiger partial charge in [0.25, 0.3) is 0 Å². The van der Waals surface area contributed by atoms with Gasteiger partial charge in [0.15, 0.2) is 18.5 Å². The van der Waals surface area contributed by atoms with Crippen molar-refractivity contribution >= 4 is 16.4 Å². The number of carbonyl (C=O) groups excluding carboxylic acids is 1. The third-order valence-electron chi connectivity index (χ3n) is 2.12. The molecule has 0 amide bonds. The maximum absolute atomic E-state index is 11.1. The molecule has 1 aliphatic heterocycles. The molecule has 10 heteroatoms. The molecule has 0 spiro atoms. The number of hydrogen-bond acceptors (Lipinski definition) is 8. The van der Waals surface area contributed by atoms with Crippen molar-refractivity contribution in [1.82, 2.24) is 0 Å². The lowest BCUT2D eigenvalue weighted by Gasteiger charge is -2.34. The largest absolute Gasteiger partial charge is 0.467 e. The summed E-state index contributed by atoms with van der Waals surface area (Å²) in [6, 6.07) is 0. The van der Waals surface area contributed by atoms with E-state index in [2.05, 4.69) is 13.7 Å². The number of carbonyl (C=O) groups is 1. The topological polar surface area (TPSA) is 140 Å². The molecule has 1 saturated heterocycles. The number of aliphatic hydroxyl groups excluding tert-OH is 2. The van der Waals surface area contributed by atoms with Crippen LogP contribution in [0.25, 0.3) is 0 Å². The Morgan fingerprint density at radius 2 is 2.00 bits per heavy atom. The average molecular weight is 272 g/mol. The molecule has 0 aromatic heterocycles. The molecule has 1 rings (SSSR count). The van der Waals surface area contributed by atoms with E-state index in [0.29, 0.717) is 0 Å². The quantitative estimate of drug-likeness (QED) is 0.386. The van der Waals surface area contributed by atoms with Crippen molar-refractivity contribution in [3.8, 4) is 0 Å². The van der Waals surface area contributed by atoms with Crippen molar-refractivity contribution in [2.24, 2.45) is 0 Å². The summed E-state index contributed by atoms with van der Waals surface area (Å²) < 4.78 is 42.3. The van der Waals surface area contributed by atoms with E-state index in [1.54, 1.807) is 0 Å². The van der Waals surface area contributed by atoms with Gasteiger partial charge in [-0.3, -0.25) is 4.55 Å². The summed E-state index contributed by atoms with van der Waals surface area (Å²) in [5.41, 5.74) is 0. The lowest BCUT2D eigenvalue weighted by atomic mass is 10.0. The van der Waals surface area contributed by atoms with E-state index in [-0.39, 0.29) is 6.42 Å². The van der Waals surface area contributed by atoms with Crippen LogP contribution in [0.2, 0.25) is 0 Å². The van der Waals surface area contributed by atoms with Crippen LogP contribution in [-0.2, 0) is 28.9 Å². The van der Waals surface area contributed by atoms with Crippen molar-refractivity contribution in [3.63, 3.8) is 0 Å². The Kier molecular flexibility index (Phi) is 4.41. The molecule has 0 aliphatic carbocycles. The molecule has 100 valence electrons. The fourth-order valence-corrected chi connectivity index (χ4v) is 1.88. The van der Waals surface area contributed by atoms with Crippen LogP contribution in [0.4, 0.5) is 0 Å². The zero-order valence-electron chi connectivity index (χ0n) is 8.72. The predicted octanol–water partition coefficient (Wildman–Crippen LogP) is -2.18. The highest BCUT2D eigenvalue weighted by molar-refractivity contribution is 7.80. The summed E-state index contributed by atoms with van der Waals surface area (Å²) in [6.45, 7) is 0. The van der Waals surface area contributed by atoms with Crippen molar-refractivity contribution in [3.05, 3.63) is 0 Å². The molecule has 1 fully saturated rings. The smallest absolute Gasteiger partial charge is 0.397 e. The molecule has 0 saturated carbocycles. The Bertz CT molecular complexity index is 365. The predicted molar refractivity (Wildman–Crippen MR) is 49.9 cm³/mol. The van der Waals surface area contributed by atoms with E-state index in [0.717, 1.165) is 7.11 Å². The van der Waals surface area contributed by atoms with Gasteiger partial charge in [0.2, 0.25) is 0 Å². The molecule has 4 atom stereocenters. The van der Waals surface area contributed by atoms with Crippen LogP contribution >= 0.6 is 0 Å². The van der Waals surface area contributed by atoms with Gasteiger partial charge < -0.3 is 19.7 Å². The number of ether oxygens (including phenoxy) is 2. The lowest BCUT2D eigenvalue weighted by Crippen LogP contribution is -2.52. The minimum absolute atomic E-state index is 0.329. The van der Waals surface area contributed by atoms with Crippen molar-refractivity contribution in [2.45, 2.75) is 31.0 Å². The molecule has 4 unspecified atom stereocenters. The molecule has 9 nitrogen and oxygen atoms in total. The van der Waals surface area contributed by atoms with E-state index in [9.17, 15) is 23.4 Å². The van der Waals surface area contributed by atoms with Crippen LogP contribution < -0.4 is 0 Å². The second-order valence-corrected chi connectivity index (χ2v) is 4.38. The van der Waals surface area contributed by atoms with E-state index >= 15 is 0 Å². The first-order valence-electron chi connectivity index (χ1n) is 4.49.